The van der Waals surface area contributed by atoms with E-state index in [-0.39, 0.29) is 4.90 Å². The molecule has 33 heavy (non-hydrogen) atoms. The van der Waals surface area contributed by atoms with Crippen LogP contribution in [0.3, 0.4) is 0 Å². The highest BCUT2D eigenvalue weighted by Crippen LogP contribution is 2.28. The van der Waals surface area contributed by atoms with E-state index < -0.39 is 9.84 Å². The lowest BCUT2D eigenvalue weighted by molar-refractivity contribution is 0.298. The van der Waals surface area contributed by atoms with Crippen molar-refractivity contribution in [1.82, 2.24) is 24.1 Å². The van der Waals surface area contributed by atoms with Gasteiger partial charge in [0.1, 0.15) is 12.4 Å². The number of sulfone groups is 1. The zero-order valence-corrected chi connectivity index (χ0v) is 18.7. The first kappa shape index (κ1) is 20.9. The Morgan fingerprint density at radius 2 is 1.85 bits per heavy atom. The van der Waals surface area contributed by atoms with Crippen LogP contribution in [-0.4, -0.2) is 45.4 Å². The second-order valence-electron chi connectivity index (χ2n) is 7.64. The van der Waals surface area contributed by atoms with E-state index in [0.29, 0.717) is 12.3 Å². The molecule has 0 fully saturated rings. The number of hydrogen-bond acceptors (Lipinski definition) is 6. The second-order valence-corrected chi connectivity index (χ2v) is 9.66. The van der Waals surface area contributed by atoms with Gasteiger partial charge < -0.3 is 9.30 Å². The minimum atomic E-state index is -3.30. The summed E-state index contributed by atoms with van der Waals surface area (Å²) in [4.78, 5) is 8.88. The number of fused-ring (bicyclic) bond motifs is 1. The molecule has 0 atom stereocenters. The smallest absolute Gasteiger partial charge is 0.175 e. The maximum absolute atomic E-state index is 11.9. The molecule has 0 aliphatic carbocycles. The zero-order valence-electron chi connectivity index (χ0n) is 17.9. The highest BCUT2D eigenvalue weighted by atomic mass is 32.2. The first-order valence-corrected chi connectivity index (χ1v) is 12.2. The van der Waals surface area contributed by atoms with Gasteiger partial charge in [-0.05, 0) is 35.4 Å². The molecule has 0 N–H and O–H groups in total. The third kappa shape index (κ3) is 4.49. The van der Waals surface area contributed by atoms with Gasteiger partial charge in [0.25, 0.3) is 0 Å². The monoisotopic (exact) mass is 459 g/mol. The number of hydrogen-bond donors (Lipinski definition) is 0. The van der Waals surface area contributed by atoms with Crippen molar-refractivity contribution in [3.8, 4) is 28.0 Å². The highest BCUT2D eigenvalue weighted by molar-refractivity contribution is 7.90. The average Bonchev–Trinajstić information content (AvgIpc) is 3.49. The topological polar surface area (TPSA) is 91.4 Å². The summed E-state index contributed by atoms with van der Waals surface area (Å²) in [6.45, 7) is 1.29. The third-order valence-electron chi connectivity index (χ3n) is 5.29. The molecule has 166 valence electrons. The van der Waals surface area contributed by atoms with Gasteiger partial charge in [-0.2, -0.15) is 5.10 Å². The molecule has 5 aromatic rings. The van der Waals surface area contributed by atoms with Crippen LogP contribution in [0.5, 0.6) is 5.75 Å². The molecule has 0 aliphatic heterocycles. The van der Waals surface area contributed by atoms with Crippen molar-refractivity contribution in [3.63, 3.8) is 0 Å². The third-order valence-corrected chi connectivity index (χ3v) is 6.40. The van der Waals surface area contributed by atoms with Crippen molar-refractivity contribution in [1.29, 1.82) is 0 Å². The van der Waals surface area contributed by atoms with Crippen LogP contribution in [0.25, 0.3) is 27.9 Å². The van der Waals surface area contributed by atoms with Crippen LogP contribution in [0.2, 0.25) is 0 Å². The molecule has 0 bridgehead atoms. The Kier molecular flexibility index (Phi) is 5.39. The summed E-state index contributed by atoms with van der Waals surface area (Å²) >= 11 is 0. The van der Waals surface area contributed by atoms with Gasteiger partial charge in [0.05, 0.1) is 24.0 Å². The Bertz CT molecular complexity index is 1510. The second kappa shape index (κ2) is 8.51. The largest absolute Gasteiger partial charge is 0.492 e. The summed E-state index contributed by atoms with van der Waals surface area (Å²) in [5, 5.41) is 4.43. The number of imidazole rings is 1. The molecule has 3 aromatic heterocycles. The first-order chi connectivity index (χ1) is 16.0. The van der Waals surface area contributed by atoms with E-state index in [9.17, 15) is 8.42 Å². The molecule has 3 heterocycles. The molecule has 5 rings (SSSR count). The minimum Gasteiger partial charge on any atom is -0.492 e. The Morgan fingerprint density at radius 3 is 2.61 bits per heavy atom. The Balaban J connectivity index is 1.35. The van der Waals surface area contributed by atoms with E-state index in [1.165, 1.54) is 6.26 Å². The lowest BCUT2D eigenvalue weighted by atomic mass is 10.1. The number of nitrogens with zero attached hydrogens (tertiary/aromatic N) is 5. The number of ether oxygens (including phenoxy) is 1. The summed E-state index contributed by atoms with van der Waals surface area (Å²) in [6, 6.07) is 14.6. The predicted molar refractivity (Wildman–Crippen MR) is 125 cm³/mol. The van der Waals surface area contributed by atoms with Gasteiger partial charge in [-0.25, -0.2) is 22.9 Å². The first-order valence-electron chi connectivity index (χ1n) is 10.3. The van der Waals surface area contributed by atoms with Crippen molar-refractivity contribution in [2.75, 3.05) is 12.9 Å². The van der Waals surface area contributed by atoms with Crippen molar-refractivity contribution in [2.24, 2.45) is 0 Å². The SMILES string of the molecule is CS(=O)(=O)c1cccc(-c2cnn3cc(-c4ccc(OCCn5ccnc5)cc4)cnc23)c1. The summed E-state index contributed by atoms with van der Waals surface area (Å²) in [6.07, 6.45) is 12.0. The van der Waals surface area contributed by atoms with Gasteiger partial charge in [-0.1, -0.05) is 24.3 Å². The molecule has 0 unspecified atom stereocenters. The van der Waals surface area contributed by atoms with E-state index in [1.807, 2.05) is 47.3 Å². The molecule has 9 heteroatoms. The van der Waals surface area contributed by atoms with Crippen LogP contribution >= 0.6 is 0 Å². The number of rotatable bonds is 7. The van der Waals surface area contributed by atoms with E-state index >= 15 is 0 Å². The Morgan fingerprint density at radius 1 is 1.00 bits per heavy atom. The molecule has 0 amide bonds. The fourth-order valence-corrected chi connectivity index (χ4v) is 4.22. The minimum absolute atomic E-state index is 0.267. The maximum atomic E-state index is 11.9. The lowest BCUT2D eigenvalue weighted by Gasteiger charge is -2.08. The van der Waals surface area contributed by atoms with Gasteiger partial charge in [0.2, 0.25) is 0 Å². The normalized spacial score (nSPS) is 11.7. The van der Waals surface area contributed by atoms with Crippen LogP contribution in [0.15, 0.2) is 90.7 Å². The van der Waals surface area contributed by atoms with E-state index in [2.05, 4.69) is 15.1 Å². The van der Waals surface area contributed by atoms with Crippen LogP contribution in [-0.2, 0) is 16.4 Å². The molecule has 0 radical (unpaired) electrons. The van der Waals surface area contributed by atoms with Gasteiger partial charge in [-0.15, -0.1) is 0 Å². The van der Waals surface area contributed by atoms with Crippen LogP contribution in [0, 0.1) is 0 Å². The summed E-state index contributed by atoms with van der Waals surface area (Å²) in [5.41, 5.74) is 4.08. The Hall–Kier alpha value is -3.98. The van der Waals surface area contributed by atoms with E-state index in [1.54, 1.807) is 47.6 Å². The predicted octanol–water partition coefficient (Wildman–Crippen LogP) is 3.74. The molecule has 0 saturated heterocycles. The maximum Gasteiger partial charge on any atom is 0.175 e. The fraction of sp³-hybridized carbons (Fsp3) is 0.125. The molecule has 0 spiro atoms. The number of aromatic nitrogens is 5. The van der Waals surface area contributed by atoms with Crippen molar-refractivity contribution in [3.05, 3.63) is 85.8 Å². The molecular formula is C24H21N5O3S. The van der Waals surface area contributed by atoms with Gasteiger partial charge in [-0.3, -0.25) is 0 Å². The molecule has 8 nitrogen and oxygen atoms in total. The van der Waals surface area contributed by atoms with Crippen LogP contribution < -0.4 is 4.74 Å². The summed E-state index contributed by atoms with van der Waals surface area (Å²) < 4.78 is 33.3. The van der Waals surface area contributed by atoms with E-state index in [0.717, 1.165) is 34.5 Å². The Labute approximate surface area is 191 Å². The quantitative estimate of drug-likeness (QED) is 0.368. The van der Waals surface area contributed by atoms with Crippen molar-refractivity contribution in [2.45, 2.75) is 11.4 Å². The highest BCUT2D eigenvalue weighted by Gasteiger charge is 2.13. The van der Waals surface area contributed by atoms with Crippen LogP contribution in [0.1, 0.15) is 0 Å². The zero-order chi connectivity index (χ0) is 22.8. The van der Waals surface area contributed by atoms with Crippen molar-refractivity contribution >= 4 is 15.5 Å². The van der Waals surface area contributed by atoms with Crippen LogP contribution in [0.4, 0.5) is 0 Å². The molecular weight excluding hydrogens is 438 g/mol. The molecule has 0 aliphatic rings. The standard InChI is InChI=1S/C24H21N5O3S/c1-33(30,31)22-4-2-3-19(13-22)23-15-27-29-16-20(14-26-24(23)29)18-5-7-21(8-6-18)32-12-11-28-10-9-25-17-28/h2-10,13-17H,11-12H2,1H3. The number of benzene rings is 2. The van der Waals surface area contributed by atoms with Gasteiger partial charge >= 0.3 is 0 Å². The summed E-state index contributed by atoms with van der Waals surface area (Å²) in [7, 11) is -3.30. The van der Waals surface area contributed by atoms with Gasteiger partial charge in [0.15, 0.2) is 15.5 Å². The van der Waals surface area contributed by atoms with Gasteiger partial charge in [0, 0.05) is 42.2 Å². The molecule has 0 saturated carbocycles. The fourth-order valence-electron chi connectivity index (χ4n) is 3.55. The van der Waals surface area contributed by atoms with E-state index in [4.69, 9.17) is 4.74 Å². The van der Waals surface area contributed by atoms with Crippen molar-refractivity contribution < 1.29 is 13.2 Å². The average molecular weight is 460 g/mol. The lowest BCUT2D eigenvalue weighted by Crippen LogP contribution is -2.06. The summed E-state index contributed by atoms with van der Waals surface area (Å²) in [5.74, 6) is 0.792. The molecule has 2 aromatic carbocycles.